The van der Waals surface area contributed by atoms with Gasteiger partial charge >= 0.3 is 0 Å². The van der Waals surface area contributed by atoms with Crippen LogP contribution in [0.3, 0.4) is 0 Å². The van der Waals surface area contributed by atoms with E-state index in [0.29, 0.717) is 0 Å². The SMILES string of the molecule is Cc1nn2ccccc2c1CCN1CCc2ccc(C=CC(=O)NO)cc2CC1. The molecule has 2 aromatic heterocycles. The molecule has 0 bridgehead atoms. The fourth-order valence-electron chi connectivity index (χ4n) is 4.07. The second-order valence-electron chi connectivity index (χ2n) is 7.52. The standard InChI is InChI=1S/C23H26N4O2/c1-17-21(22-4-2-3-12-27(22)24-17)11-15-26-13-9-19-7-5-18(6-8-23(28)25-29)16-20(19)10-14-26/h2-8,12,16,29H,9-11,13-15H2,1H3,(H,25,28). The van der Waals surface area contributed by atoms with E-state index in [2.05, 4.69) is 41.2 Å². The molecular weight excluding hydrogens is 364 g/mol. The molecule has 0 saturated carbocycles. The number of nitrogens with zero attached hydrogens (tertiary/aromatic N) is 3. The maximum absolute atomic E-state index is 11.2. The molecule has 2 N–H and O–H groups in total. The van der Waals surface area contributed by atoms with Gasteiger partial charge in [-0.1, -0.05) is 24.3 Å². The van der Waals surface area contributed by atoms with Crippen LogP contribution in [0.15, 0.2) is 48.7 Å². The van der Waals surface area contributed by atoms with E-state index in [1.54, 1.807) is 11.6 Å². The Morgan fingerprint density at radius 3 is 2.86 bits per heavy atom. The number of aryl methyl sites for hydroxylation is 1. The normalized spacial score (nSPS) is 14.8. The molecule has 3 heterocycles. The molecule has 1 aliphatic rings. The minimum Gasteiger partial charge on any atom is -0.302 e. The monoisotopic (exact) mass is 390 g/mol. The zero-order valence-corrected chi connectivity index (χ0v) is 16.6. The molecule has 150 valence electrons. The molecule has 1 aromatic carbocycles. The molecule has 0 unspecified atom stereocenters. The molecule has 4 rings (SSSR count). The van der Waals surface area contributed by atoms with Crippen LogP contribution in [0, 0.1) is 6.92 Å². The number of carbonyl (C=O) groups is 1. The lowest BCUT2D eigenvalue weighted by Gasteiger charge is -2.19. The fourth-order valence-corrected chi connectivity index (χ4v) is 4.07. The number of aromatic nitrogens is 2. The van der Waals surface area contributed by atoms with Crippen molar-refractivity contribution in [2.24, 2.45) is 0 Å². The molecule has 6 heteroatoms. The second-order valence-corrected chi connectivity index (χ2v) is 7.52. The molecule has 1 aliphatic heterocycles. The number of carbonyl (C=O) groups excluding carboxylic acids is 1. The lowest BCUT2D eigenvalue weighted by Crippen LogP contribution is -2.28. The van der Waals surface area contributed by atoms with Gasteiger partial charge in [0.25, 0.3) is 5.91 Å². The molecule has 0 spiro atoms. The van der Waals surface area contributed by atoms with Crippen molar-refractivity contribution in [3.8, 4) is 0 Å². The first-order valence-electron chi connectivity index (χ1n) is 10.0. The summed E-state index contributed by atoms with van der Waals surface area (Å²) in [7, 11) is 0. The van der Waals surface area contributed by atoms with Crippen LogP contribution in [0.25, 0.3) is 11.6 Å². The summed E-state index contributed by atoms with van der Waals surface area (Å²) < 4.78 is 1.97. The maximum atomic E-state index is 11.2. The lowest BCUT2D eigenvalue weighted by molar-refractivity contribution is -0.124. The Kier molecular flexibility index (Phi) is 5.74. The quantitative estimate of drug-likeness (QED) is 0.399. The van der Waals surface area contributed by atoms with Crippen LogP contribution < -0.4 is 5.48 Å². The third-order valence-corrected chi connectivity index (χ3v) is 5.68. The summed E-state index contributed by atoms with van der Waals surface area (Å²) in [6.07, 6.45) is 8.09. The summed E-state index contributed by atoms with van der Waals surface area (Å²) in [5.74, 6) is -0.519. The van der Waals surface area contributed by atoms with Gasteiger partial charge in [0.15, 0.2) is 0 Å². The molecule has 1 amide bonds. The van der Waals surface area contributed by atoms with Crippen molar-refractivity contribution < 1.29 is 10.0 Å². The Labute approximate surface area is 170 Å². The number of pyridine rings is 1. The van der Waals surface area contributed by atoms with Gasteiger partial charge < -0.3 is 4.90 Å². The molecule has 29 heavy (non-hydrogen) atoms. The van der Waals surface area contributed by atoms with Crippen LogP contribution in [0.2, 0.25) is 0 Å². The van der Waals surface area contributed by atoms with Crippen LogP contribution in [0.4, 0.5) is 0 Å². The zero-order valence-electron chi connectivity index (χ0n) is 16.6. The van der Waals surface area contributed by atoms with E-state index in [1.807, 2.05) is 22.8 Å². The van der Waals surface area contributed by atoms with Gasteiger partial charge in [-0.25, -0.2) is 10.00 Å². The highest BCUT2D eigenvalue weighted by Crippen LogP contribution is 2.20. The van der Waals surface area contributed by atoms with Gasteiger partial charge in [0.1, 0.15) is 0 Å². The predicted octanol–water partition coefficient (Wildman–Crippen LogP) is 2.80. The van der Waals surface area contributed by atoms with Crippen LogP contribution in [-0.4, -0.2) is 45.3 Å². The van der Waals surface area contributed by atoms with E-state index in [-0.39, 0.29) is 0 Å². The highest BCUT2D eigenvalue weighted by Gasteiger charge is 2.16. The summed E-state index contributed by atoms with van der Waals surface area (Å²) in [6.45, 7) is 5.18. The maximum Gasteiger partial charge on any atom is 0.267 e. The first-order chi connectivity index (χ1) is 14.1. The number of hydrogen-bond acceptors (Lipinski definition) is 4. The predicted molar refractivity (Wildman–Crippen MR) is 113 cm³/mol. The molecule has 3 aromatic rings. The van der Waals surface area contributed by atoms with Gasteiger partial charge in [0.2, 0.25) is 0 Å². The molecule has 0 saturated heterocycles. The van der Waals surface area contributed by atoms with Crippen molar-refractivity contribution in [2.75, 3.05) is 19.6 Å². The van der Waals surface area contributed by atoms with E-state index in [0.717, 1.165) is 50.2 Å². The van der Waals surface area contributed by atoms with Gasteiger partial charge in [-0.3, -0.25) is 10.0 Å². The molecule has 0 aliphatic carbocycles. The highest BCUT2D eigenvalue weighted by molar-refractivity contribution is 5.90. The number of amides is 1. The Hall–Kier alpha value is -2.96. The van der Waals surface area contributed by atoms with E-state index < -0.39 is 5.91 Å². The largest absolute Gasteiger partial charge is 0.302 e. The summed E-state index contributed by atoms with van der Waals surface area (Å²) in [6, 6.07) is 12.5. The summed E-state index contributed by atoms with van der Waals surface area (Å²) in [4.78, 5) is 13.7. The van der Waals surface area contributed by atoms with Crippen molar-refractivity contribution in [1.82, 2.24) is 20.0 Å². The van der Waals surface area contributed by atoms with Gasteiger partial charge in [0, 0.05) is 37.5 Å². The fraction of sp³-hybridized carbons (Fsp3) is 0.304. The van der Waals surface area contributed by atoms with Crippen LogP contribution in [0.1, 0.15) is 27.9 Å². The molecule has 0 atom stereocenters. The third kappa shape index (κ3) is 4.39. The first-order valence-corrected chi connectivity index (χ1v) is 10.0. The number of fused-ring (bicyclic) bond motifs is 2. The molecule has 0 radical (unpaired) electrons. The number of hydroxylamine groups is 1. The van der Waals surface area contributed by atoms with Crippen LogP contribution >= 0.6 is 0 Å². The van der Waals surface area contributed by atoms with Gasteiger partial charge in [-0.15, -0.1) is 0 Å². The lowest BCUT2D eigenvalue weighted by atomic mass is 10.00. The van der Waals surface area contributed by atoms with Crippen molar-refractivity contribution in [2.45, 2.75) is 26.2 Å². The Bertz CT molecular complexity index is 1050. The molecule has 0 fully saturated rings. The van der Waals surface area contributed by atoms with E-state index in [9.17, 15) is 4.79 Å². The van der Waals surface area contributed by atoms with Gasteiger partial charge in [-0.2, -0.15) is 5.10 Å². The number of nitrogens with one attached hydrogen (secondary N) is 1. The Balaban J connectivity index is 1.41. The Morgan fingerprint density at radius 1 is 1.21 bits per heavy atom. The summed E-state index contributed by atoms with van der Waals surface area (Å²) >= 11 is 0. The first kappa shape index (κ1) is 19.4. The molecular formula is C23H26N4O2. The van der Waals surface area contributed by atoms with E-state index >= 15 is 0 Å². The van der Waals surface area contributed by atoms with Crippen LogP contribution in [0.5, 0.6) is 0 Å². The summed E-state index contributed by atoms with van der Waals surface area (Å²) in [5.41, 5.74) is 8.95. The second kappa shape index (κ2) is 8.59. The van der Waals surface area contributed by atoms with Crippen molar-refractivity contribution in [1.29, 1.82) is 0 Å². The number of hydrogen-bond donors (Lipinski definition) is 2. The third-order valence-electron chi connectivity index (χ3n) is 5.68. The van der Waals surface area contributed by atoms with Crippen molar-refractivity contribution in [3.05, 3.63) is 76.6 Å². The zero-order chi connectivity index (χ0) is 20.2. The average Bonchev–Trinajstić information content (AvgIpc) is 2.92. The van der Waals surface area contributed by atoms with E-state index in [1.165, 1.54) is 28.3 Å². The number of benzene rings is 1. The van der Waals surface area contributed by atoms with E-state index in [4.69, 9.17) is 5.21 Å². The van der Waals surface area contributed by atoms with Crippen molar-refractivity contribution in [3.63, 3.8) is 0 Å². The number of rotatable bonds is 5. The van der Waals surface area contributed by atoms with Gasteiger partial charge in [0.05, 0.1) is 11.2 Å². The van der Waals surface area contributed by atoms with Crippen molar-refractivity contribution >= 4 is 17.5 Å². The minimum atomic E-state index is -0.519. The minimum absolute atomic E-state index is 0.519. The highest BCUT2D eigenvalue weighted by atomic mass is 16.5. The molecule has 6 nitrogen and oxygen atoms in total. The van der Waals surface area contributed by atoms with Crippen LogP contribution in [-0.2, 0) is 24.1 Å². The average molecular weight is 390 g/mol. The topological polar surface area (TPSA) is 69.9 Å². The Morgan fingerprint density at radius 2 is 2.03 bits per heavy atom. The smallest absolute Gasteiger partial charge is 0.267 e. The summed E-state index contributed by atoms with van der Waals surface area (Å²) in [5, 5.41) is 13.2. The van der Waals surface area contributed by atoms with Gasteiger partial charge in [-0.05, 0) is 61.1 Å².